The van der Waals surface area contributed by atoms with Gasteiger partial charge < -0.3 is 5.32 Å². The van der Waals surface area contributed by atoms with Gasteiger partial charge in [0.05, 0.1) is 0 Å². The molecule has 19 heavy (non-hydrogen) atoms. The third-order valence-electron chi connectivity index (χ3n) is 3.52. The van der Waals surface area contributed by atoms with Gasteiger partial charge in [-0.1, -0.05) is 17.7 Å². The molecule has 1 N–H and O–H groups in total. The second kappa shape index (κ2) is 6.21. The summed E-state index contributed by atoms with van der Waals surface area (Å²) in [6.07, 6.45) is 1.03. The average molecular weight is 338 g/mol. The number of hydrogen-bond acceptors (Lipinski definition) is 2. The molecule has 1 aromatic heterocycles. The summed E-state index contributed by atoms with van der Waals surface area (Å²) in [4.78, 5) is 1.40. The molecule has 1 unspecified atom stereocenters. The molecular formula is C16H20BrNS. The predicted molar refractivity (Wildman–Crippen MR) is 88.2 cm³/mol. The number of benzene rings is 1. The number of likely N-dealkylation sites (N-methyl/N-ethyl adjacent to an activating group) is 1. The normalized spacial score (nSPS) is 12.7. The molecule has 2 rings (SSSR count). The van der Waals surface area contributed by atoms with Gasteiger partial charge in [-0.05, 0) is 71.9 Å². The van der Waals surface area contributed by atoms with Gasteiger partial charge in [0.25, 0.3) is 0 Å². The van der Waals surface area contributed by atoms with Crippen molar-refractivity contribution >= 4 is 27.3 Å². The predicted octanol–water partition coefficient (Wildman–Crippen LogP) is 4.94. The van der Waals surface area contributed by atoms with Gasteiger partial charge in [-0.2, -0.15) is 0 Å². The number of halogens is 1. The molecule has 0 saturated heterocycles. The van der Waals surface area contributed by atoms with E-state index >= 15 is 0 Å². The van der Waals surface area contributed by atoms with E-state index in [4.69, 9.17) is 0 Å². The third-order valence-corrected chi connectivity index (χ3v) is 5.46. The Morgan fingerprint density at radius 3 is 2.32 bits per heavy atom. The van der Waals surface area contributed by atoms with Crippen molar-refractivity contribution in [2.75, 3.05) is 7.05 Å². The fraction of sp³-hybridized carbons (Fsp3) is 0.375. The quantitative estimate of drug-likeness (QED) is 0.833. The first-order valence-corrected chi connectivity index (χ1v) is 8.17. The van der Waals surface area contributed by atoms with Gasteiger partial charge in [-0.25, -0.2) is 0 Å². The molecule has 3 heteroatoms. The number of rotatable bonds is 4. The Bertz CT molecular complexity index is 551. The number of aryl methyl sites for hydroxylation is 3. The first kappa shape index (κ1) is 14.8. The van der Waals surface area contributed by atoms with E-state index in [0.29, 0.717) is 6.04 Å². The molecule has 0 spiro atoms. The second-order valence-electron chi connectivity index (χ2n) is 5.05. The fourth-order valence-electron chi connectivity index (χ4n) is 2.75. The molecule has 0 aliphatic rings. The highest BCUT2D eigenvalue weighted by Crippen LogP contribution is 2.31. The van der Waals surface area contributed by atoms with E-state index < -0.39 is 0 Å². The van der Waals surface area contributed by atoms with E-state index in [2.05, 4.69) is 65.6 Å². The summed E-state index contributed by atoms with van der Waals surface area (Å²) in [7, 11) is 2.05. The van der Waals surface area contributed by atoms with Crippen molar-refractivity contribution in [1.82, 2.24) is 5.32 Å². The molecule has 1 atom stereocenters. The molecule has 0 amide bonds. The van der Waals surface area contributed by atoms with Crippen molar-refractivity contribution in [3.63, 3.8) is 0 Å². The lowest BCUT2D eigenvalue weighted by molar-refractivity contribution is 0.589. The summed E-state index contributed by atoms with van der Waals surface area (Å²) in [5.74, 6) is 0. The molecule has 0 aliphatic heterocycles. The maximum Gasteiger partial charge on any atom is 0.0372 e. The third kappa shape index (κ3) is 3.28. The van der Waals surface area contributed by atoms with Crippen LogP contribution in [-0.2, 0) is 6.42 Å². The van der Waals surface area contributed by atoms with E-state index in [1.165, 1.54) is 31.6 Å². The Balaban J connectivity index is 2.35. The van der Waals surface area contributed by atoms with Crippen molar-refractivity contribution in [2.24, 2.45) is 0 Å². The summed E-state index contributed by atoms with van der Waals surface area (Å²) >= 11 is 5.44. The highest BCUT2D eigenvalue weighted by Gasteiger charge is 2.17. The van der Waals surface area contributed by atoms with Crippen LogP contribution in [0.2, 0.25) is 0 Å². The molecule has 102 valence electrons. The van der Waals surface area contributed by atoms with Crippen LogP contribution in [0.15, 0.2) is 28.1 Å². The Morgan fingerprint density at radius 1 is 1.21 bits per heavy atom. The Hall–Kier alpha value is -0.640. The monoisotopic (exact) mass is 337 g/mol. The van der Waals surface area contributed by atoms with Crippen LogP contribution >= 0.6 is 27.3 Å². The van der Waals surface area contributed by atoms with Crippen LogP contribution in [0, 0.1) is 20.8 Å². The Kier molecular flexibility index (Phi) is 4.82. The van der Waals surface area contributed by atoms with Crippen LogP contribution in [0.4, 0.5) is 0 Å². The zero-order valence-electron chi connectivity index (χ0n) is 11.9. The van der Waals surface area contributed by atoms with E-state index in [-0.39, 0.29) is 0 Å². The summed E-state index contributed by atoms with van der Waals surface area (Å²) in [6.45, 7) is 6.58. The molecule has 0 aliphatic carbocycles. The molecule has 2 aromatic rings. The van der Waals surface area contributed by atoms with E-state index in [9.17, 15) is 0 Å². The first-order chi connectivity index (χ1) is 9.02. The molecular weight excluding hydrogens is 318 g/mol. The lowest BCUT2D eigenvalue weighted by Gasteiger charge is -2.21. The SMILES string of the molecule is CNC(Cc1sccc1Br)c1c(C)cc(C)cc1C. The molecule has 1 aromatic carbocycles. The highest BCUT2D eigenvalue weighted by molar-refractivity contribution is 9.10. The van der Waals surface area contributed by atoms with Crippen molar-refractivity contribution in [1.29, 1.82) is 0 Å². The second-order valence-corrected chi connectivity index (χ2v) is 6.90. The maximum absolute atomic E-state index is 3.63. The summed E-state index contributed by atoms with van der Waals surface area (Å²) in [5, 5.41) is 5.61. The minimum Gasteiger partial charge on any atom is -0.313 e. The molecule has 0 bridgehead atoms. The molecule has 0 saturated carbocycles. The van der Waals surface area contributed by atoms with Gasteiger partial charge in [0.2, 0.25) is 0 Å². The van der Waals surface area contributed by atoms with Crippen LogP contribution < -0.4 is 5.32 Å². The van der Waals surface area contributed by atoms with E-state index in [1.807, 2.05) is 18.4 Å². The summed E-state index contributed by atoms with van der Waals surface area (Å²) in [6, 6.07) is 7.05. The van der Waals surface area contributed by atoms with Crippen LogP contribution in [0.25, 0.3) is 0 Å². The minimum absolute atomic E-state index is 0.371. The van der Waals surface area contributed by atoms with Crippen molar-refractivity contribution in [3.05, 3.63) is 55.2 Å². The highest BCUT2D eigenvalue weighted by atomic mass is 79.9. The van der Waals surface area contributed by atoms with Crippen molar-refractivity contribution < 1.29 is 0 Å². The lowest BCUT2D eigenvalue weighted by Crippen LogP contribution is -2.20. The number of thiophene rings is 1. The van der Waals surface area contributed by atoms with E-state index in [0.717, 1.165) is 6.42 Å². The number of hydrogen-bond donors (Lipinski definition) is 1. The van der Waals surface area contributed by atoms with Gasteiger partial charge >= 0.3 is 0 Å². The smallest absolute Gasteiger partial charge is 0.0372 e. The van der Waals surface area contributed by atoms with Gasteiger partial charge in [0.1, 0.15) is 0 Å². The summed E-state index contributed by atoms with van der Waals surface area (Å²) < 4.78 is 1.22. The van der Waals surface area contributed by atoms with Crippen LogP contribution in [-0.4, -0.2) is 7.05 Å². The zero-order chi connectivity index (χ0) is 14.0. The van der Waals surface area contributed by atoms with Crippen molar-refractivity contribution in [2.45, 2.75) is 33.2 Å². The molecule has 1 heterocycles. The van der Waals surface area contributed by atoms with Crippen LogP contribution in [0.5, 0.6) is 0 Å². The fourth-order valence-corrected chi connectivity index (χ4v) is 4.31. The molecule has 0 fully saturated rings. The van der Waals surface area contributed by atoms with Gasteiger partial charge in [0.15, 0.2) is 0 Å². The Labute approximate surface area is 128 Å². The summed E-state index contributed by atoms with van der Waals surface area (Å²) in [5.41, 5.74) is 5.54. The van der Waals surface area contributed by atoms with Gasteiger partial charge in [-0.15, -0.1) is 11.3 Å². The van der Waals surface area contributed by atoms with Gasteiger partial charge in [-0.3, -0.25) is 0 Å². The minimum atomic E-state index is 0.371. The average Bonchev–Trinajstić information content (AvgIpc) is 2.72. The molecule has 1 nitrogen and oxygen atoms in total. The standard InChI is InChI=1S/C16H20BrNS/c1-10-7-11(2)16(12(3)8-10)14(18-4)9-15-13(17)5-6-19-15/h5-8,14,18H,9H2,1-4H3. The first-order valence-electron chi connectivity index (χ1n) is 6.49. The topological polar surface area (TPSA) is 12.0 Å². The Morgan fingerprint density at radius 2 is 1.84 bits per heavy atom. The van der Waals surface area contributed by atoms with Crippen LogP contribution in [0.1, 0.15) is 33.2 Å². The van der Waals surface area contributed by atoms with E-state index in [1.54, 1.807) is 0 Å². The van der Waals surface area contributed by atoms with Gasteiger partial charge in [0, 0.05) is 21.8 Å². The number of nitrogens with one attached hydrogen (secondary N) is 1. The van der Waals surface area contributed by atoms with Crippen LogP contribution in [0.3, 0.4) is 0 Å². The maximum atomic E-state index is 3.63. The lowest BCUT2D eigenvalue weighted by atomic mass is 9.92. The largest absolute Gasteiger partial charge is 0.313 e. The molecule has 0 radical (unpaired) electrons. The van der Waals surface area contributed by atoms with Crippen molar-refractivity contribution in [3.8, 4) is 0 Å². The zero-order valence-corrected chi connectivity index (χ0v) is 14.3.